The predicted molar refractivity (Wildman–Crippen MR) is 90.6 cm³/mol. The molecule has 1 aliphatic rings. The number of rotatable bonds is 3. The fourth-order valence-electron chi connectivity index (χ4n) is 4.25. The number of aryl methyl sites for hydroxylation is 1. The van der Waals surface area contributed by atoms with Crippen LogP contribution < -0.4 is 4.74 Å². The number of hydrogen-bond donors (Lipinski definition) is 1. The highest BCUT2D eigenvalue weighted by molar-refractivity contribution is 5.90. The second kappa shape index (κ2) is 5.12. The number of aromatic amines is 1. The fourth-order valence-corrected chi connectivity index (χ4v) is 4.25. The van der Waals surface area contributed by atoms with Crippen LogP contribution in [0.5, 0.6) is 5.75 Å². The lowest BCUT2D eigenvalue weighted by atomic mass is 9.73. The molecule has 1 aliphatic carbocycles. The SMILES string of the molecule is CCC1(c2c[nH]c3c(OC)cccc23)CCc2cc(F)ccc21. The summed E-state index contributed by atoms with van der Waals surface area (Å²) < 4.78 is 19.1. The first-order valence-electron chi connectivity index (χ1n) is 8.13. The first kappa shape index (κ1) is 14.3. The van der Waals surface area contributed by atoms with E-state index in [0.717, 1.165) is 36.1 Å². The van der Waals surface area contributed by atoms with Crippen LogP contribution in [0.3, 0.4) is 0 Å². The quantitative estimate of drug-likeness (QED) is 0.727. The second-order valence-corrected chi connectivity index (χ2v) is 6.32. The van der Waals surface area contributed by atoms with E-state index < -0.39 is 0 Å². The Kier molecular flexibility index (Phi) is 3.19. The minimum absolute atomic E-state index is 0.0480. The van der Waals surface area contributed by atoms with Crippen molar-refractivity contribution in [2.45, 2.75) is 31.6 Å². The lowest BCUT2D eigenvalue weighted by Gasteiger charge is -2.29. The zero-order valence-electron chi connectivity index (χ0n) is 13.4. The molecule has 2 aromatic carbocycles. The zero-order valence-corrected chi connectivity index (χ0v) is 13.4. The number of aromatic nitrogens is 1. The summed E-state index contributed by atoms with van der Waals surface area (Å²) in [6.45, 7) is 2.22. The number of fused-ring (bicyclic) bond motifs is 2. The number of nitrogens with one attached hydrogen (secondary N) is 1. The van der Waals surface area contributed by atoms with Gasteiger partial charge in [0.2, 0.25) is 0 Å². The molecule has 3 heteroatoms. The second-order valence-electron chi connectivity index (χ2n) is 6.32. The number of benzene rings is 2. The van der Waals surface area contributed by atoms with Gasteiger partial charge in [0.25, 0.3) is 0 Å². The molecule has 4 rings (SSSR count). The first-order chi connectivity index (χ1) is 11.2. The Morgan fingerprint density at radius 1 is 1.22 bits per heavy atom. The van der Waals surface area contributed by atoms with Gasteiger partial charge in [-0.2, -0.15) is 0 Å². The normalized spacial score (nSPS) is 20.0. The minimum Gasteiger partial charge on any atom is -0.495 e. The molecule has 1 atom stereocenters. The Hall–Kier alpha value is -2.29. The summed E-state index contributed by atoms with van der Waals surface area (Å²) in [6.07, 6.45) is 5.05. The van der Waals surface area contributed by atoms with Crippen LogP contribution in [-0.4, -0.2) is 12.1 Å². The summed E-state index contributed by atoms with van der Waals surface area (Å²) in [5.74, 6) is 0.716. The molecule has 3 aromatic rings. The molecule has 0 aliphatic heterocycles. The van der Waals surface area contributed by atoms with Gasteiger partial charge in [0, 0.05) is 17.0 Å². The summed E-state index contributed by atoms with van der Waals surface area (Å²) in [7, 11) is 1.69. The Bertz CT molecular complexity index is 882. The van der Waals surface area contributed by atoms with Crippen LogP contribution in [0.1, 0.15) is 36.5 Å². The van der Waals surface area contributed by atoms with Crippen molar-refractivity contribution < 1.29 is 9.13 Å². The summed E-state index contributed by atoms with van der Waals surface area (Å²) in [4.78, 5) is 3.39. The van der Waals surface area contributed by atoms with Gasteiger partial charge >= 0.3 is 0 Å². The Morgan fingerprint density at radius 3 is 2.87 bits per heavy atom. The van der Waals surface area contributed by atoms with Crippen molar-refractivity contribution in [1.82, 2.24) is 4.98 Å². The first-order valence-corrected chi connectivity index (χ1v) is 8.13. The van der Waals surface area contributed by atoms with Crippen LogP contribution in [-0.2, 0) is 11.8 Å². The van der Waals surface area contributed by atoms with Crippen molar-refractivity contribution in [2.24, 2.45) is 0 Å². The third-order valence-corrected chi connectivity index (χ3v) is 5.42. The Morgan fingerprint density at radius 2 is 2.09 bits per heavy atom. The highest BCUT2D eigenvalue weighted by Crippen LogP contribution is 2.49. The van der Waals surface area contributed by atoms with Crippen molar-refractivity contribution in [3.05, 3.63) is 65.1 Å². The van der Waals surface area contributed by atoms with E-state index >= 15 is 0 Å². The predicted octanol–water partition coefficient (Wildman–Crippen LogP) is 4.96. The number of ether oxygens (including phenoxy) is 1. The summed E-state index contributed by atoms with van der Waals surface area (Å²) in [6, 6.07) is 11.4. The van der Waals surface area contributed by atoms with Gasteiger partial charge in [-0.15, -0.1) is 0 Å². The maximum absolute atomic E-state index is 13.6. The number of H-pyrrole nitrogens is 1. The number of hydrogen-bond acceptors (Lipinski definition) is 1. The number of para-hydroxylation sites is 1. The monoisotopic (exact) mass is 309 g/mol. The third kappa shape index (κ3) is 1.92. The van der Waals surface area contributed by atoms with Gasteiger partial charge in [0.1, 0.15) is 11.6 Å². The molecule has 0 spiro atoms. The fraction of sp³-hybridized carbons (Fsp3) is 0.300. The van der Waals surface area contributed by atoms with Gasteiger partial charge in [-0.25, -0.2) is 4.39 Å². The van der Waals surface area contributed by atoms with Crippen molar-refractivity contribution in [3.8, 4) is 5.75 Å². The molecular formula is C20H20FNO. The maximum atomic E-state index is 13.6. The standard InChI is InChI=1S/C20H20FNO/c1-3-20(10-9-13-11-14(21)7-8-16(13)20)17-12-22-19-15(17)5-4-6-18(19)23-2/h4-8,11-12,22H,3,9-10H2,1-2H3. The van der Waals surface area contributed by atoms with E-state index in [4.69, 9.17) is 4.74 Å². The highest BCUT2D eigenvalue weighted by atomic mass is 19.1. The van der Waals surface area contributed by atoms with E-state index in [1.807, 2.05) is 18.2 Å². The molecule has 2 nitrogen and oxygen atoms in total. The molecule has 118 valence electrons. The summed E-state index contributed by atoms with van der Waals surface area (Å²) >= 11 is 0. The van der Waals surface area contributed by atoms with Gasteiger partial charge in [-0.3, -0.25) is 0 Å². The van der Waals surface area contributed by atoms with Crippen LogP contribution in [0.2, 0.25) is 0 Å². The Labute approximate surface area is 135 Å². The molecule has 0 amide bonds. The van der Waals surface area contributed by atoms with Crippen LogP contribution in [0.4, 0.5) is 4.39 Å². The molecule has 23 heavy (non-hydrogen) atoms. The van der Waals surface area contributed by atoms with E-state index in [0.29, 0.717) is 0 Å². The van der Waals surface area contributed by atoms with Gasteiger partial charge in [0.15, 0.2) is 0 Å². The molecule has 0 saturated carbocycles. The Balaban J connectivity index is 1.96. The molecule has 0 fully saturated rings. The molecule has 1 aromatic heterocycles. The smallest absolute Gasteiger partial charge is 0.142 e. The average Bonchev–Trinajstić information content (AvgIpc) is 3.16. The van der Waals surface area contributed by atoms with Crippen LogP contribution >= 0.6 is 0 Å². The average molecular weight is 309 g/mol. The van der Waals surface area contributed by atoms with Gasteiger partial charge in [0.05, 0.1) is 12.6 Å². The lowest BCUT2D eigenvalue weighted by molar-refractivity contribution is 0.419. The summed E-state index contributed by atoms with van der Waals surface area (Å²) in [5.41, 5.74) is 4.69. The largest absolute Gasteiger partial charge is 0.495 e. The molecule has 1 heterocycles. The molecule has 0 radical (unpaired) electrons. The minimum atomic E-state index is -0.142. The van der Waals surface area contributed by atoms with E-state index in [1.165, 1.54) is 16.5 Å². The van der Waals surface area contributed by atoms with E-state index in [9.17, 15) is 4.39 Å². The highest BCUT2D eigenvalue weighted by Gasteiger charge is 2.40. The number of methoxy groups -OCH3 is 1. The topological polar surface area (TPSA) is 25.0 Å². The third-order valence-electron chi connectivity index (χ3n) is 5.42. The van der Waals surface area contributed by atoms with Crippen LogP contribution in [0.25, 0.3) is 10.9 Å². The molecule has 0 saturated heterocycles. The lowest BCUT2D eigenvalue weighted by Crippen LogP contribution is -2.23. The maximum Gasteiger partial charge on any atom is 0.142 e. The van der Waals surface area contributed by atoms with E-state index in [1.54, 1.807) is 19.2 Å². The van der Waals surface area contributed by atoms with Gasteiger partial charge < -0.3 is 9.72 Å². The van der Waals surface area contributed by atoms with Crippen molar-refractivity contribution >= 4 is 10.9 Å². The van der Waals surface area contributed by atoms with Crippen molar-refractivity contribution in [1.29, 1.82) is 0 Å². The molecule has 1 unspecified atom stereocenters. The number of halogens is 1. The van der Waals surface area contributed by atoms with Gasteiger partial charge in [-0.1, -0.05) is 25.1 Å². The summed E-state index contributed by atoms with van der Waals surface area (Å²) in [5, 5.41) is 1.20. The molecule has 1 N–H and O–H groups in total. The van der Waals surface area contributed by atoms with Crippen LogP contribution in [0.15, 0.2) is 42.6 Å². The molecule has 0 bridgehead atoms. The van der Waals surface area contributed by atoms with Crippen molar-refractivity contribution in [3.63, 3.8) is 0 Å². The van der Waals surface area contributed by atoms with Crippen molar-refractivity contribution in [2.75, 3.05) is 7.11 Å². The van der Waals surface area contributed by atoms with E-state index in [-0.39, 0.29) is 11.2 Å². The van der Waals surface area contributed by atoms with Gasteiger partial charge in [-0.05, 0) is 54.2 Å². The zero-order chi connectivity index (χ0) is 16.0. The van der Waals surface area contributed by atoms with E-state index in [2.05, 4.69) is 24.2 Å². The van der Waals surface area contributed by atoms with Crippen LogP contribution in [0, 0.1) is 5.82 Å². The molecular weight excluding hydrogens is 289 g/mol.